The summed E-state index contributed by atoms with van der Waals surface area (Å²) in [5.41, 5.74) is 0.681. The third kappa shape index (κ3) is 4.31. The normalized spacial score (nSPS) is 19.9. The van der Waals surface area contributed by atoms with Crippen molar-refractivity contribution < 1.29 is 13.9 Å². The third-order valence-electron chi connectivity index (χ3n) is 3.01. The lowest BCUT2D eigenvalue weighted by molar-refractivity contribution is -0.134. The number of nitrogens with one attached hydrogen (secondary N) is 2. The summed E-state index contributed by atoms with van der Waals surface area (Å²) in [6.45, 7) is 3.57. The van der Waals surface area contributed by atoms with Gasteiger partial charge in [-0.2, -0.15) is 0 Å². The monoisotopic (exact) mass is 322 g/mol. The summed E-state index contributed by atoms with van der Waals surface area (Å²) in [7, 11) is 0. The molecule has 0 spiro atoms. The van der Waals surface area contributed by atoms with Crippen LogP contribution in [0.3, 0.4) is 0 Å². The van der Waals surface area contributed by atoms with Crippen molar-refractivity contribution in [3.63, 3.8) is 0 Å². The molecule has 4 nitrogen and oxygen atoms in total. The second-order valence-corrected chi connectivity index (χ2v) is 4.87. The molecule has 1 aromatic rings. The van der Waals surface area contributed by atoms with Crippen LogP contribution in [0, 0.1) is 5.82 Å². The van der Waals surface area contributed by atoms with E-state index in [0.717, 1.165) is 6.54 Å². The Bertz CT molecular complexity index is 468. The molecule has 1 saturated heterocycles. The first kappa shape index (κ1) is 17.2. The molecular formula is C13H17Cl2FN2O2. The van der Waals surface area contributed by atoms with Crippen molar-refractivity contribution in [2.45, 2.75) is 19.1 Å². The van der Waals surface area contributed by atoms with Crippen LogP contribution >= 0.6 is 24.0 Å². The van der Waals surface area contributed by atoms with E-state index in [2.05, 4.69) is 10.6 Å². The summed E-state index contributed by atoms with van der Waals surface area (Å²) < 4.78 is 18.3. The molecular weight excluding hydrogens is 306 g/mol. The van der Waals surface area contributed by atoms with Crippen LogP contribution in [0.1, 0.15) is 18.5 Å². The van der Waals surface area contributed by atoms with Gasteiger partial charge in [-0.15, -0.1) is 12.4 Å². The van der Waals surface area contributed by atoms with E-state index in [0.29, 0.717) is 23.7 Å². The predicted octanol–water partition coefficient (Wildman–Crippen LogP) is 2.07. The Morgan fingerprint density at radius 3 is 2.95 bits per heavy atom. The first-order valence-corrected chi connectivity index (χ1v) is 6.53. The Balaban J connectivity index is 0.00000200. The lowest BCUT2D eigenvalue weighted by Crippen LogP contribution is -2.48. The highest BCUT2D eigenvalue weighted by Crippen LogP contribution is 2.23. The number of rotatable bonds is 3. The van der Waals surface area contributed by atoms with Crippen LogP contribution in [0.4, 0.5) is 4.39 Å². The van der Waals surface area contributed by atoms with Gasteiger partial charge in [-0.25, -0.2) is 4.39 Å². The second kappa shape index (κ2) is 7.78. The van der Waals surface area contributed by atoms with Gasteiger partial charge in [0.2, 0.25) is 0 Å². The van der Waals surface area contributed by atoms with Gasteiger partial charge in [0.1, 0.15) is 11.9 Å². The molecule has 1 aliphatic rings. The van der Waals surface area contributed by atoms with Crippen LogP contribution in [-0.4, -0.2) is 31.7 Å². The number of halogens is 3. The molecule has 1 fully saturated rings. The molecule has 0 bridgehead atoms. The summed E-state index contributed by atoms with van der Waals surface area (Å²) in [5.74, 6) is -0.591. The highest BCUT2D eigenvalue weighted by atomic mass is 35.5. The lowest BCUT2D eigenvalue weighted by Gasteiger charge is -2.25. The smallest absolute Gasteiger partial charge is 0.250 e. The number of amides is 1. The van der Waals surface area contributed by atoms with Crippen LogP contribution in [0.15, 0.2) is 18.2 Å². The maximum atomic E-state index is 13.0. The molecule has 1 aromatic carbocycles. The molecule has 2 unspecified atom stereocenters. The van der Waals surface area contributed by atoms with Crippen molar-refractivity contribution in [2.75, 3.05) is 19.7 Å². The van der Waals surface area contributed by atoms with E-state index in [4.69, 9.17) is 16.3 Å². The second-order valence-electron chi connectivity index (χ2n) is 4.46. The quantitative estimate of drug-likeness (QED) is 0.895. The number of benzene rings is 1. The van der Waals surface area contributed by atoms with Crippen LogP contribution in [0.2, 0.25) is 5.02 Å². The Labute approximate surface area is 128 Å². The van der Waals surface area contributed by atoms with Gasteiger partial charge in [0.05, 0.1) is 12.6 Å². The summed E-state index contributed by atoms with van der Waals surface area (Å²) >= 11 is 5.96. The van der Waals surface area contributed by atoms with Gasteiger partial charge in [0.25, 0.3) is 5.91 Å². The van der Waals surface area contributed by atoms with Crippen molar-refractivity contribution in [2.24, 2.45) is 0 Å². The van der Waals surface area contributed by atoms with Gasteiger partial charge in [0, 0.05) is 18.1 Å². The maximum absolute atomic E-state index is 13.0. The average Bonchev–Trinajstić information content (AvgIpc) is 2.39. The van der Waals surface area contributed by atoms with Crippen molar-refractivity contribution in [3.05, 3.63) is 34.6 Å². The largest absolute Gasteiger partial charge is 0.366 e. The van der Waals surface area contributed by atoms with Crippen LogP contribution in [0.25, 0.3) is 0 Å². The van der Waals surface area contributed by atoms with Gasteiger partial charge in [-0.05, 0) is 24.6 Å². The van der Waals surface area contributed by atoms with Crippen molar-refractivity contribution in [1.29, 1.82) is 0 Å². The molecule has 2 N–H and O–H groups in total. The summed E-state index contributed by atoms with van der Waals surface area (Å²) in [5, 5.41) is 6.20. The Morgan fingerprint density at radius 1 is 1.60 bits per heavy atom. The number of hydrogen-bond donors (Lipinski definition) is 2. The highest BCUT2D eigenvalue weighted by molar-refractivity contribution is 6.31. The van der Waals surface area contributed by atoms with Gasteiger partial charge in [-0.3, -0.25) is 4.79 Å². The fourth-order valence-corrected chi connectivity index (χ4v) is 2.30. The predicted molar refractivity (Wildman–Crippen MR) is 77.8 cm³/mol. The van der Waals surface area contributed by atoms with Crippen molar-refractivity contribution >= 4 is 29.9 Å². The molecule has 7 heteroatoms. The van der Waals surface area contributed by atoms with Gasteiger partial charge in [-0.1, -0.05) is 17.7 Å². The fourth-order valence-electron chi connectivity index (χ4n) is 1.97. The summed E-state index contributed by atoms with van der Waals surface area (Å²) in [6.07, 6.45) is -0.490. The van der Waals surface area contributed by atoms with Crippen molar-refractivity contribution in [1.82, 2.24) is 10.6 Å². The highest BCUT2D eigenvalue weighted by Gasteiger charge is 2.23. The standard InChI is InChI=1S/C13H16ClFN2O2.ClH/c1-8(10-3-2-9(15)6-11(10)14)17-13(18)12-7-16-4-5-19-12;/h2-3,6,8,12,16H,4-5,7H2,1H3,(H,17,18);1H. The molecule has 0 radical (unpaired) electrons. The van der Waals surface area contributed by atoms with E-state index in [-0.39, 0.29) is 24.4 Å². The van der Waals surface area contributed by atoms with E-state index < -0.39 is 11.9 Å². The van der Waals surface area contributed by atoms with E-state index in [1.54, 1.807) is 13.0 Å². The van der Waals surface area contributed by atoms with Crippen molar-refractivity contribution in [3.8, 4) is 0 Å². The van der Waals surface area contributed by atoms with Gasteiger partial charge in [0.15, 0.2) is 0 Å². The molecule has 1 heterocycles. The number of hydrogen-bond acceptors (Lipinski definition) is 3. The Kier molecular flexibility index (Phi) is 6.68. The summed E-state index contributed by atoms with van der Waals surface area (Å²) in [6, 6.07) is 3.83. The minimum Gasteiger partial charge on any atom is -0.366 e. The fraction of sp³-hybridized carbons (Fsp3) is 0.462. The average molecular weight is 323 g/mol. The van der Waals surface area contributed by atoms with Crippen LogP contribution < -0.4 is 10.6 Å². The Morgan fingerprint density at radius 2 is 2.35 bits per heavy atom. The number of carbonyl (C=O) groups is 1. The van der Waals surface area contributed by atoms with Crippen LogP contribution in [0.5, 0.6) is 0 Å². The summed E-state index contributed by atoms with van der Waals surface area (Å²) in [4.78, 5) is 12.0. The first-order chi connectivity index (χ1) is 9.08. The molecule has 20 heavy (non-hydrogen) atoms. The molecule has 1 aliphatic heterocycles. The zero-order valence-corrected chi connectivity index (χ0v) is 12.6. The third-order valence-corrected chi connectivity index (χ3v) is 3.34. The van der Waals surface area contributed by atoms with E-state index >= 15 is 0 Å². The van der Waals surface area contributed by atoms with Gasteiger partial charge >= 0.3 is 0 Å². The molecule has 112 valence electrons. The SMILES string of the molecule is CC(NC(=O)C1CNCCO1)c1ccc(F)cc1Cl.Cl. The minimum atomic E-state index is -0.490. The van der Waals surface area contributed by atoms with E-state index in [1.807, 2.05) is 0 Å². The number of carbonyl (C=O) groups excluding carboxylic acids is 1. The molecule has 2 rings (SSSR count). The zero-order chi connectivity index (χ0) is 13.8. The van der Waals surface area contributed by atoms with Gasteiger partial charge < -0.3 is 15.4 Å². The molecule has 2 atom stereocenters. The molecule has 0 aliphatic carbocycles. The number of morpholine rings is 1. The molecule has 0 saturated carbocycles. The number of ether oxygens (including phenoxy) is 1. The first-order valence-electron chi connectivity index (χ1n) is 6.15. The topological polar surface area (TPSA) is 50.4 Å². The zero-order valence-electron chi connectivity index (χ0n) is 11.0. The molecule has 0 aromatic heterocycles. The van der Waals surface area contributed by atoms with E-state index in [9.17, 15) is 9.18 Å². The molecule has 1 amide bonds. The van der Waals surface area contributed by atoms with E-state index in [1.165, 1.54) is 12.1 Å². The lowest BCUT2D eigenvalue weighted by atomic mass is 10.1. The Hall–Kier alpha value is -0.880. The minimum absolute atomic E-state index is 0. The van der Waals surface area contributed by atoms with Crippen LogP contribution in [-0.2, 0) is 9.53 Å². The maximum Gasteiger partial charge on any atom is 0.250 e.